The molecule has 2 atom stereocenters. The highest BCUT2D eigenvalue weighted by Gasteiger charge is 2.06. The fraction of sp³-hybridized carbons (Fsp3) is 1.00. The summed E-state index contributed by atoms with van der Waals surface area (Å²) in [6.45, 7) is 2.31. The maximum atomic E-state index is 9.31. The molecule has 0 rings (SSSR count). The number of nitrogens with two attached hydrogens (primary N) is 1. The number of hydrogen-bond acceptors (Lipinski definition) is 6. The van der Waals surface area contributed by atoms with Crippen molar-refractivity contribution in [3.63, 3.8) is 0 Å². The molecule has 14 heavy (non-hydrogen) atoms. The van der Waals surface area contributed by atoms with Crippen molar-refractivity contribution in [3.05, 3.63) is 0 Å². The lowest BCUT2D eigenvalue weighted by Gasteiger charge is -2.17. The van der Waals surface area contributed by atoms with Crippen LogP contribution in [0.15, 0.2) is 0 Å². The number of unbranched alkanes of at least 4 members (excludes halogenated alkanes) is 1. The van der Waals surface area contributed by atoms with Crippen LogP contribution in [0.5, 0.6) is 0 Å². The standard InChI is InChI=1S/C8H21N3O3/c1-2-3-4-7(12)10-11-8(13)5-6-14-9/h7-8,10-13H,2-6,9H2,1H3. The topological polar surface area (TPSA) is 99.8 Å². The fourth-order valence-corrected chi connectivity index (χ4v) is 0.914. The van der Waals surface area contributed by atoms with Gasteiger partial charge in [-0.15, -0.1) is 0 Å². The second-order valence-electron chi connectivity index (χ2n) is 3.12. The van der Waals surface area contributed by atoms with Gasteiger partial charge in [-0.25, -0.2) is 16.7 Å². The van der Waals surface area contributed by atoms with E-state index in [1.54, 1.807) is 0 Å². The first-order valence-electron chi connectivity index (χ1n) is 4.89. The van der Waals surface area contributed by atoms with Crippen molar-refractivity contribution in [2.75, 3.05) is 6.61 Å². The molecule has 6 heteroatoms. The first kappa shape index (κ1) is 13.8. The van der Waals surface area contributed by atoms with Gasteiger partial charge in [0.25, 0.3) is 0 Å². The van der Waals surface area contributed by atoms with E-state index in [-0.39, 0.29) is 6.61 Å². The Morgan fingerprint density at radius 3 is 2.29 bits per heavy atom. The minimum absolute atomic E-state index is 0.265. The number of hydrazine groups is 1. The van der Waals surface area contributed by atoms with Gasteiger partial charge < -0.3 is 15.1 Å². The van der Waals surface area contributed by atoms with Crippen LogP contribution >= 0.6 is 0 Å². The normalized spacial score (nSPS) is 15.4. The van der Waals surface area contributed by atoms with Crippen LogP contribution < -0.4 is 16.7 Å². The second kappa shape index (κ2) is 9.32. The summed E-state index contributed by atoms with van der Waals surface area (Å²) < 4.78 is 0. The molecule has 0 aromatic carbocycles. The summed E-state index contributed by atoms with van der Waals surface area (Å²) >= 11 is 0. The number of aliphatic hydroxyl groups excluding tert-OH is 2. The highest BCUT2D eigenvalue weighted by Crippen LogP contribution is 1.96. The predicted molar refractivity (Wildman–Crippen MR) is 52.6 cm³/mol. The Balaban J connectivity index is 3.31. The Morgan fingerprint density at radius 1 is 1.21 bits per heavy atom. The molecule has 0 aliphatic carbocycles. The van der Waals surface area contributed by atoms with Gasteiger partial charge >= 0.3 is 0 Å². The fourth-order valence-electron chi connectivity index (χ4n) is 0.914. The Labute approximate surface area is 84.4 Å². The average molecular weight is 207 g/mol. The first-order chi connectivity index (χ1) is 6.70. The van der Waals surface area contributed by atoms with Crippen LogP contribution in [-0.4, -0.2) is 29.3 Å². The first-order valence-corrected chi connectivity index (χ1v) is 4.89. The van der Waals surface area contributed by atoms with Crippen LogP contribution in [0, 0.1) is 0 Å². The van der Waals surface area contributed by atoms with E-state index in [4.69, 9.17) is 5.90 Å². The lowest BCUT2D eigenvalue weighted by atomic mass is 10.2. The molecule has 0 saturated heterocycles. The monoisotopic (exact) mass is 207 g/mol. The summed E-state index contributed by atoms with van der Waals surface area (Å²) in [5.41, 5.74) is 5.13. The van der Waals surface area contributed by atoms with Gasteiger partial charge in [0.1, 0.15) is 12.5 Å². The smallest absolute Gasteiger partial charge is 0.119 e. The van der Waals surface area contributed by atoms with E-state index in [1.165, 1.54) is 0 Å². The van der Waals surface area contributed by atoms with Gasteiger partial charge in [-0.2, -0.15) is 0 Å². The van der Waals surface area contributed by atoms with Crippen molar-refractivity contribution in [2.45, 2.75) is 45.1 Å². The van der Waals surface area contributed by atoms with Gasteiger partial charge in [-0.3, -0.25) is 0 Å². The molecule has 0 fully saturated rings. The highest BCUT2D eigenvalue weighted by atomic mass is 16.6. The summed E-state index contributed by atoms with van der Waals surface area (Å²) in [6.07, 6.45) is 1.59. The molecule has 0 saturated carbocycles. The summed E-state index contributed by atoms with van der Waals surface area (Å²) in [5, 5.41) is 18.5. The van der Waals surface area contributed by atoms with Crippen molar-refractivity contribution in [2.24, 2.45) is 5.90 Å². The number of rotatable bonds is 9. The maximum Gasteiger partial charge on any atom is 0.119 e. The van der Waals surface area contributed by atoms with Crippen LogP contribution in [-0.2, 0) is 4.84 Å². The highest BCUT2D eigenvalue weighted by molar-refractivity contribution is 4.53. The second-order valence-corrected chi connectivity index (χ2v) is 3.12. The Bertz CT molecular complexity index is 112. The van der Waals surface area contributed by atoms with E-state index < -0.39 is 12.5 Å². The van der Waals surface area contributed by atoms with E-state index in [2.05, 4.69) is 15.7 Å². The molecule has 6 N–H and O–H groups in total. The predicted octanol–water partition coefficient (Wildman–Crippen LogP) is -0.812. The minimum Gasteiger partial charge on any atom is -0.377 e. The average Bonchev–Trinajstić information content (AvgIpc) is 2.20. The molecule has 0 aromatic rings. The quantitative estimate of drug-likeness (QED) is 0.250. The summed E-state index contributed by atoms with van der Waals surface area (Å²) in [4.78, 5) is 4.29. The van der Waals surface area contributed by atoms with E-state index in [0.29, 0.717) is 12.8 Å². The molecule has 2 unspecified atom stereocenters. The van der Waals surface area contributed by atoms with Gasteiger partial charge in [0.05, 0.1) is 6.61 Å². The molecule has 0 bridgehead atoms. The summed E-state index contributed by atoms with van der Waals surface area (Å²) in [7, 11) is 0. The molecule has 0 heterocycles. The van der Waals surface area contributed by atoms with Gasteiger partial charge in [-0.1, -0.05) is 13.3 Å². The van der Waals surface area contributed by atoms with Crippen LogP contribution in [0.2, 0.25) is 0 Å². The zero-order valence-corrected chi connectivity index (χ0v) is 8.57. The molecule has 0 radical (unpaired) electrons. The van der Waals surface area contributed by atoms with Crippen molar-refractivity contribution >= 4 is 0 Å². The molecule has 0 amide bonds. The number of hydrogen-bond donors (Lipinski definition) is 5. The lowest BCUT2D eigenvalue weighted by Crippen LogP contribution is -2.47. The van der Waals surface area contributed by atoms with Gasteiger partial charge in [-0.05, 0) is 12.8 Å². The minimum atomic E-state index is -0.769. The third-order valence-corrected chi connectivity index (χ3v) is 1.76. The van der Waals surface area contributed by atoms with Gasteiger partial charge in [0.15, 0.2) is 0 Å². The third kappa shape index (κ3) is 8.36. The van der Waals surface area contributed by atoms with Crippen molar-refractivity contribution < 1.29 is 15.1 Å². The molecule has 0 aliphatic rings. The molecule has 0 aliphatic heterocycles. The molecule has 86 valence electrons. The van der Waals surface area contributed by atoms with Gasteiger partial charge in [0, 0.05) is 6.42 Å². The SMILES string of the molecule is CCCCC(O)NNC(O)CCON. The van der Waals surface area contributed by atoms with Crippen LogP contribution in [0.3, 0.4) is 0 Å². The number of aliphatic hydroxyl groups is 2. The van der Waals surface area contributed by atoms with Crippen molar-refractivity contribution in [1.82, 2.24) is 10.9 Å². The lowest BCUT2D eigenvalue weighted by molar-refractivity contribution is 0.0264. The van der Waals surface area contributed by atoms with E-state index >= 15 is 0 Å². The van der Waals surface area contributed by atoms with E-state index in [0.717, 1.165) is 12.8 Å². The Morgan fingerprint density at radius 2 is 1.79 bits per heavy atom. The molecule has 6 nitrogen and oxygen atoms in total. The van der Waals surface area contributed by atoms with Gasteiger partial charge in [0.2, 0.25) is 0 Å². The molecule has 0 aromatic heterocycles. The molecular weight excluding hydrogens is 186 g/mol. The Hall–Kier alpha value is -0.240. The third-order valence-electron chi connectivity index (χ3n) is 1.76. The van der Waals surface area contributed by atoms with Crippen molar-refractivity contribution in [1.29, 1.82) is 0 Å². The zero-order chi connectivity index (χ0) is 10.8. The maximum absolute atomic E-state index is 9.31. The largest absolute Gasteiger partial charge is 0.377 e. The molecular formula is C8H21N3O3. The van der Waals surface area contributed by atoms with Crippen molar-refractivity contribution in [3.8, 4) is 0 Å². The van der Waals surface area contributed by atoms with Crippen LogP contribution in [0.25, 0.3) is 0 Å². The molecule has 0 spiro atoms. The summed E-state index contributed by atoms with van der Waals surface area (Å²) in [5.74, 6) is 4.79. The van der Waals surface area contributed by atoms with Crippen LogP contribution in [0.1, 0.15) is 32.6 Å². The zero-order valence-electron chi connectivity index (χ0n) is 8.57. The summed E-state index contributed by atoms with van der Waals surface area (Å²) in [6, 6.07) is 0. The Kier molecular flexibility index (Phi) is 9.16. The van der Waals surface area contributed by atoms with Crippen LogP contribution in [0.4, 0.5) is 0 Å². The number of nitrogens with one attached hydrogen (secondary N) is 2. The van der Waals surface area contributed by atoms with E-state index in [9.17, 15) is 10.2 Å². The van der Waals surface area contributed by atoms with E-state index in [1.807, 2.05) is 6.92 Å².